The maximum atomic E-state index is 7.35. The van der Waals surface area contributed by atoms with E-state index in [2.05, 4.69) is 0 Å². The molecule has 0 unspecified atom stereocenters. The fourth-order valence-corrected chi connectivity index (χ4v) is 0. The maximum Gasteiger partial charge on any atom is 0.0745 e. The molecule has 1 heteroatoms. The molecule has 0 bridgehead atoms. The van der Waals surface area contributed by atoms with Crippen molar-refractivity contribution in [2.75, 3.05) is 0 Å². The summed E-state index contributed by atoms with van der Waals surface area (Å²) in [4.78, 5) is 0. The second kappa shape index (κ2) is 1.79. The first kappa shape index (κ1) is 1.11. The second-order valence-electron chi connectivity index (χ2n) is 1.93. The van der Waals surface area contributed by atoms with Crippen LogP contribution in [0, 0.1) is 5.41 Å². The fraction of sp³-hybridized carbons (Fsp3) is 1.00. The van der Waals surface area contributed by atoms with Gasteiger partial charge in [-0.15, -0.1) is 0 Å². The Morgan fingerprint density at radius 2 is 1.75 bits per heavy atom. The van der Waals surface area contributed by atoms with Crippen molar-refractivity contribution in [3.8, 4) is 0 Å². The first-order valence-corrected chi connectivity index (χ1v) is 2.04. The molecule has 0 saturated carbocycles. The van der Waals surface area contributed by atoms with Crippen molar-refractivity contribution < 1.29 is 16.4 Å². The van der Waals surface area contributed by atoms with Crippen molar-refractivity contribution in [1.29, 1.82) is 0 Å². The van der Waals surface area contributed by atoms with Gasteiger partial charge in [0.15, 0.2) is 0 Å². The highest BCUT2D eigenvalue weighted by atomic mass is 14.3. The zero-order chi connectivity index (χ0) is 17.0. The Bertz CT molecular complexity index is 290. The minimum absolute atomic E-state index is 0.561. The van der Waals surface area contributed by atoms with Gasteiger partial charge < -0.3 is 0 Å². The summed E-state index contributed by atoms with van der Waals surface area (Å²) in [7, 11) is 5.46. The molecule has 0 aliphatic carbocycles. The van der Waals surface area contributed by atoms with Gasteiger partial charge in [-0.3, -0.25) is 0 Å². The molecule has 0 aliphatic heterocycles. The molecule has 0 rings (SSSR count). The molecule has 0 aromatic carbocycles. The highest BCUT2D eigenvalue weighted by Gasteiger charge is 2.26. The van der Waals surface area contributed by atoms with Crippen molar-refractivity contribution in [3.63, 3.8) is 0 Å². The Morgan fingerprint density at radius 1 is 1.25 bits per heavy atom. The van der Waals surface area contributed by atoms with Crippen molar-refractivity contribution in [2.45, 2.75) is 39.6 Å². The molecule has 0 aliphatic rings. The fourth-order valence-electron chi connectivity index (χ4n) is 0. The van der Waals surface area contributed by atoms with Gasteiger partial charge in [0.1, 0.15) is 0 Å². The molecule has 0 aromatic heterocycles. The van der Waals surface area contributed by atoms with E-state index in [1.165, 1.54) is 0 Å². The predicted octanol–water partition coefficient (Wildman–Crippen LogP) is 2.40. The third kappa shape index (κ3) is 1.89. The van der Waals surface area contributed by atoms with E-state index in [0.29, 0.717) is 6.92 Å². The third-order valence-corrected chi connectivity index (χ3v) is 0.789. The van der Waals surface area contributed by atoms with Crippen LogP contribution in [0.3, 0.4) is 0 Å². The standard InChI is InChI=1S/C7H15B/c1-6(2,3)7(4,5)8/h1-5H3/i1D3,2D3,4D3,5D3. The van der Waals surface area contributed by atoms with Gasteiger partial charge in [0, 0.05) is 16.4 Å². The Balaban J connectivity index is 6.71. The predicted molar refractivity (Wildman–Crippen MR) is 39.2 cm³/mol. The lowest BCUT2D eigenvalue weighted by atomic mass is 9.57. The number of hydrogen-bond acceptors (Lipinski definition) is 0. The summed E-state index contributed by atoms with van der Waals surface area (Å²) < 4.78 is 87.9. The summed E-state index contributed by atoms with van der Waals surface area (Å²) in [5.41, 5.74) is -3.15. The van der Waals surface area contributed by atoms with E-state index in [9.17, 15) is 0 Å². The summed E-state index contributed by atoms with van der Waals surface area (Å²) in [6, 6.07) is 0. The molecular formula is C7H15B. The van der Waals surface area contributed by atoms with Crippen LogP contribution in [0.5, 0.6) is 0 Å². The van der Waals surface area contributed by atoms with Crippen LogP contribution in [0.15, 0.2) is 0 Å². The van der Waals surface area contributed by atoms with Crippen LogP contribution < -0.4 is 0 Å². The Hall–Kier alpha value is 0.0649. The molecule has 0 fully saturated rings. The van der Waals surface area contributed by atoms with Crippen molar-refractivity contribution in [2.24, 2.45) is 5.41 Å². The van der Waals surface area contributed by atoms with Crippen molar-refractivity contribution in [3.05, 3.63) is 0 Å². The van der Waals surface area contributed by atoms with Gasteiger partial charge in [-0.2, -0.15) is 0 Å². The van der Waals surface area contributed by atoms with Gasteiger partial charge in [-0.05, 0) is 5.41 Å². The largest absolute Gasteiger partial charge is 0.0745 e. The van der Waals surface area contributed by atoms with Crippen molar-refractivity contribution in [1.82, 2.24) is 0 Å². The lowest BCUT2D eigenvalue weighted by Crippen LogP contribution is -2.22. The summed E-state index contributed by atoms with van der Waals surface area (Å²) in [6.07, 6.45) is 0. The van der Waals surface area contributed by atoms with Crippen molar-refractivity contribution >= 4 is 7.85 Å². The first-order valence-electron chi connectivity index (χ1n) is 8.04. The first-order chi connectivity index (χ1) is 8.25. The van der Waals surface area contributed by atoms with E-state index in [-0.39, 0.29) is 0 Å². The van der Waals surface area contributed by atoms with Crippen LogP contribution in [-0.4, -0.2) is 7.85 Å². The molecule has 0 heterocycles. The molecule has 8 heavy (non-hydrogen) atoms. The van der Waals surface area contributed by atoms with Gasteiger partial charge in [0.2, 0.25) is 0 Å². The zero-order valence-corrected chi connectivity index (χ0v) is 4.58. The summed E-state index contributed by atoms with van der Waals surface area (Å²) in [6.45, 7) is -13.3. The maximum absolute atomic E-state index is 7.35. The van der Waals surface area contributed by atoms with Gasteiger partial charge in [0.25, 0.3) is 0 Å². The minimum Gasteiger partial charge on any atom is -0.0674 e. The quantitative estimate of drug-likeness (QED) is 0.433. The highest BCUT2D eigenvalue weighted by molar-refractivity contribution is 6.15. The second-order valence-corrected chi connectivity index (χ2v) is 1.93. The van der Waals surface area contributed by atoms with Gasteiger partial charge in [-0.25, -0.2) is 0 Å². The van der Waals surface area contributed by atoms with E-state index < -0.39 is 38.1 Å². The Labute approximate surface area is 70.9 Å². The summed E-state index contributed by atoms with van der Waals surface area (Å²) >= 11 is 0. The van der Waals surface area contributed by atoms with Crippen LogP contribution in [-0.2, 0) is 0 Å². The summed E-state index contributed by atoms with van der Waals surface area (Å²) in [5, 5.41) is -3.43. The van der Waals surface area contributed by atoms with Crippen LogP contribution in [0.4, 0.5) is 0 Å². The molecule has 46 valence electrons. The molecule has 2 radical (unpaired) electrons. The monoisotopic (exact) mass is 122 g/mol. The van der Waals surface area contributed by atoms with E-state index >= 15 is 0 Å². The van der Waals surface area contributed by atoms with Crippen LogP contribution in [0.2, 0.25) is 5.31 Å². The molecule has 0 amide bonds. The zero-order valence-electron chi connectivity index (χ0n) is 16.6. The average molecular weight is 122 g/mol. The lowest BCUT2D eigenvalue weighted by Gasteiger charge is -2.35. The third-order valence-electron chi connectivity index (χ3n) is 0.789. The summed E-state index contributed by atoms with van der Waals surface area (Å²) in [5.74, 6) is 0. The molecule has 0 N–H and O–H groups in total. The van der Waals surface area contributed by atoms with Gasteiger partial charge in [0.05, 0.1) is 7.85 Å². The smallest absolute Gasteiger partial charge is 0.0674 e. The number of hydrogen-bond donors (Lipinski definition) is 0. The topological polar surface area (TPSA) is 0 Å². The molecule has 0 saturated heterocycles. The number of rotatable bonds is 0. The Kier molecular flexibility index (Phi) is 0.247. The van der Waals surface area contributed by atoms with E-state index in [0.717, 1.165) is 0 Å². The normalized spacial score (nSPS) is 42.6. The lowest BCUT2D eigenvalue weighted by molar-refractivity contribution is 0.303. The van der Waals surface area contributed by atoms with E-state index in [1.54, 1.807) is 0 Å². The van der Waals surface area contributed by atoms with E-state index in [4.69, 9.17) is 24.3 Å². The SMILES string of the molecule is [2H]C([2H])([2H])C([B])(C([2H])([2H])[2H])C(C)(C([2H])([2H])[2H])C([2H])([2H])[2H]. The van der Waals surface area contributed by atoms with E-state index in [1.807, 2.05) is 0 Å². The molecular weight excluding hydrogens is 94.9 g/mol. The molecule has 0 spiro atoms. The minimum atomic E-state index is -3.52. The molecule has 0 aromatic rings. The van der Waals surface area contributed by atoms with Gasteiger partial charge in [-0.1, -0.05) is 39.6 Å². The molecule has 0 atom stereocenters. The van der Waals surface area contributed by atoms with Crippen LogP contribution in [0.1, 0.15) is 50.8 Å². The average Bonchev–Trinajstić information content (AvgIpc) is 2.07. The van der Waals surface area contributed by atoms with Crippen LogP contribution >= 0.6 is 0 Å². The van der Waals surface area contributed by atoms with Crippen LogP contribution in [0.25, 0.3) is 0 Å². The Morgan fingerprint density at radius 3 is 1.88 bits per heavy atom. The molecule has 0 nitrogen and oxygen atoms in total. The van der Waals surface area contributed by atoms with Gasteiger partial charge >= 0.3 is 0 Å². The highest BCUT2D eigenvalue weighted by Crippen LogP contribution is 2.40.